The fourth-order valence-corrected chi connectivity index (χ4v) is 3.67. The summed E-state index contributed by atoms with van der Waals surface area (Å²) < 4.78 is 19.6. The Morgan fingerprint density at radius 2 is 1.85 bits per heavy atom. The molecule has 1 N–H and O–H groups in total. The molecule has 1 aromatic heterocycles. The molecule has 1 amide bonds. The number of anilines is 1. The van der Waals surface area contributed by atoms with Gasteiger partial charge in [-0.1, -0.05) is 26.0 Å². The number of aliphatic hydroxyl groups excluding tert-OH is 1. The van der Waals surface area contributed by atoms with Crippen molar-refractivity contribution in [1.29, 1.82) is 0 Å². The van der Waals surface area contributed by atoms with E-state index in [2.05, 4.69) is 4.98 Å². The number of pyridine rings is 1. The molecule has 0 aliphatic carbocycles. The zero-order valence-corrected chi connectivity index (χ0v) is 18.2. The monoisotopic (exact) mass is 446 g/mol. The van der Waals surface area contributed by atoms with Crippen molar-refractivity contribution in [2.45, 2.75) is 19.9 Å². The summed E-state index contributed by atoms with van der Waals surface area (Å²) in [5, 5.41) is 11.1. The first-order valence-electron chi connectivity index (χ1n) is 10.6. The van der Waals surface area contributed by atoms with Crippen LogP contribution in [0.15, 0.2) is 78.5 Å². The molecule has 33 heavy (non-hydrogen) atoms. The van der Waals surface area contributed by atoms with Gasteiger partial charge in [0.05, 0.1) is 17.9 Å². The van der Waals surface area contributed by atoms with Crippen LogP contribution in [-0.4, -0.2) is 28.4 Å². The number of rotatable bonds is 6. The molecule has 1 saturated heterocycles. The van der Waals surface area contributed by atoms with Crippen molar-refractivity contribution in [2.75, 3.05) is 11.5 Å². The van der Waals surface area contributed by atoms with Gasteiger partial charge in [0.25, 0.3) is 11.7 Å². The predicted molar refractivity (Wildman–Crippen MR) is 122 cm³/mol. The Labute approximate surface area is 191 Å². The Morgan fingerprint density at radius 1 is 1.09 bits per heavy atom. The second-order valence-corrected chi connectivity index (χ2v) is 8.13. The van der Waals surface area contributed by atoms with E-state index in [1.54, 1.807) is 42.5 Å². The third-order valence-corrected chi connectivity index (χ3v) is 5.21. The Balaban J connectivity index is 1.80. The maximum Gasteiger partial charge on any atom is 0.300 e. The number of ketones is 1. The molecule has 0 radical (unpaired) electrons. The molecule has 0 saturated carbocycles. The van der Waals surface area contributed by atoms with Crippen LogP contribution in [0.2, 0.25) is 0 Å². The smallest absolute Gasteiger partial charge is 0.300 e. The van der Waals surface area contributed by atoms with Crippen molar-refractivity contribution >= 4 is 23.1 Å². The normalized spacial score (nSPS) is 17.6. The number of carbonyl (C=O) groups excluding carboxylic acids is 2. The van der Waals surface area contributed by atoms with E-state index in [1.807, 2.05) is 13.8 Å². The first-order chi connectivity index (χ1) is 15.9. The first-order valence-corrected chi connectivity index (χ1v) is 10.6. The standard InChI is InChI=1S/C26H23FN2O4/c1-16(2)15-33-20-11-9-17(10-12-20)24(30)22-23(21-8-3-4-13-28-21)29(26(32)25(22)31)19-7-5-6-18(27)14-19/h3-14,16,23,30H,15H2,1-2H3/b24-22+. The van der Waals surface area contributed by atoms with Crippen molar-refractivity contribution < 1.29 is 23.8 Å². The van der Waals surface area contributed by atoms with E-state index < -0.39 is 23.5 Å². The molecule has 6 nitrogen and oxygen atoms in total. The number of benzene rings is 2. The maximum atomic E-state index is 13.9. The number of aliphatic hydroxyl groups is 1. The van der Waals surface area contributed by atoms with Gasteiger partial charge < -0.3 is 9.84 Å². The minimum absolute atomic E-state index is 0.112. The highest BCUT2D eigenvalue weighted by atomic mass is 19.1. The third-order valence-electron chi connectivity index (χ3n) is 5.21. The molecular formula is C26H23FN2O4. The molecule has 7 heteroatoms. The van der Waals surface area contributed by atoms with Gasteiger partial charge in [0, 0.05) is 17.4 Å². The lowest BCUT2D eigenvalue weighted by Gasteiger charge is -2.24. The molecule has 1 fully saturated rings. The SMILES string of the molecule is CC(C)COc1ccc(/C(O)=C2\C(=O)C(=O)N(c3cccc(F)c3)C2c2ccccn2)cc1. The highest BCUT2D eigenvalue weighted by Crippen LogP contribution is 2.41. The molecule has 2 aromatic carbocycles. The third kappa shape index (κ3) is 4.48. The number of ether oxygens (including phenoxy) is 1. The number of hydrogen-bond donors (Lipinski definition) is 1. The Morgan fingerprint density at radius 3 is 2.48 bits per heavy atom. The molecule has 4 rings (SSSR count). The van der Waals surface area contributed by atoms with Gasteiger partial charge in [-0.2, -0.15) is 0 Å². The van der Waals surface area contributed by atoms with Crippen LogP contribution in [0.25, 0.3) is 5.76 Å². The van der Waals surface area contributed by atoms with Gasteiger partial charge in [0.1, 0.15) is 23.4 Å². The van der Waals surface area contributed by atoms with Crippen molar-refractivity contribution in [2.24, 2.45) is 5.92 Å². The lowest BCUT2D eigenvalue weighted by Crippen LogP contribution is -2.29. The molecule has 3 aromatic rings. The number of aromatic nitrogens is 1. The van der Waals surface area contributed by atoms with Crippen molar-refractivity contribution in [1.82, 2.24) is 4.98 Å². The summed E-state index contributed by atoms with van der Waals surface area (Å²) in [7, 11) is 0. The average molecular weight is 446 g/mol. The van der Waals surface area contributed by atoms with Gasteiger partial charge >= 0.3 is 0 Å². The second-order valence-electron chi connectivity index (χ2n) is 8.13. The Hall–Kier alpha value is -4.00. The molecule has 2 heterocycles. The van der Waals surface area contributed by atoms with Crippen LogP contribution < -0.4 is 9.64 Å². The Kier molecular flexibility index (Phi) is 6.22. The van der Waals surface area contributed by atoms with E-state index in [0.29, 0.717) is 29.5 Å². The van der Waals surface area contributed by atoms with Gasteiger partial charge in [-0.05, 0) is 60.5 Å². The number of nitrogens with zero attached hydrogens (tertiary/aromatic N) is 2. The lowest BCUT2D eigenvalue weighted by molar-refractivity contribution is -0.132. The van der Waals surface area contributed by atoms with Crippen LogP contribution in [0.4, 0.5) is 10.1 Å². The van der Waals surface area contributed by atoms with Crippen LogP contribution in [0.1, 0.15) is 31.1 Å². The van der Waals surface area contributed by atoms with Crippen molar-refractivity contribution in [3.8, 4) is 5.75 Å². The number of amides is 1. The topological polar surface area (TPSA) is 79.7 Å². The summed E-state index contributed by atoms with van der Waals surface area (Å²) in [6.45, 7) is 4.62. The number of halogens is 1. The first kappa shape index (κ1) is 22.2. The minimum atomic E-state index is -1.01. The van der Waals surface area contributed by atoms with E-state index >= 15 is 0 Å². The molecule has 1 unspecified atom stereocenters. The summed E-state index contributed by atoms with van der Waals surface area (Å²) in [5.74, 6) is -1.64. The molecule has 0 bridgehead atoms. The Bertz CT molecular complexity index is 1210. The minimum Gasteiger partial charge on any atom is -0.507 e. The van der Waals surface area contributed by atoms with Crippen LogP contribution in [0.5, 0.6) is 5.75 Å². The quantitative estimate of drug-likeness (QED) is 0.332. The van der Waals surface area contributed by atoms with E-state index in [9.17, 15) is 19.1 Å². The molecule has 168 valence electrons. The number of hydrogen-bond acceptors (Lipinski definition) is 5. The summed E-state index contributed by atoms with van der Waals surface area (Å²) in [5.41, 5.74) is 0.813. The number of carbonyl (C=O) groups is 2. The van der Waals surface area contributed by atoms with Crippen molar-refractivity contribution in [3.05, 3.63) is 95.6 Å². The fourth-order valence-electron chi connectivity index (χ4n) is 3.67. The fraction of sp³-hybridized carbons (Fsp3) is 0.192. The van der Waals surface area contributed by atoms with Gasteiger partial charge in [0.2, 0.25) is 0 Å². The summed E-state index contributed by atoms with van der Waals surface area (Å²) in [6.07, 6.45) is 1.53. The van der Waals surface area contributed by atoms with Crippen molar-refractivity contribution in [3.63, 3.8) is 0 Å². The van der Waals surface area contributed by atoms with Crippen LogP contribution in [0, 0.1) is 11.7 Å². The summed E-state index contributed by atoms with van der Waals surface area (Å²) in [4.78, 5) is 31.5. The van der Waals surface area contributed by atoms with Gasteiger partial charge in [0.15, 0.2) is 0 Å². The van der Waals surface area contributed by atoms with Crippen LogP contribution in [-0.2, 0) is 9.59 Å². The van der Waals surface area contributed by atoms with E-state index in [4.69, 9.17) is 4.74 Å². The molecule has 1 aliphatic heterocycles. The average Bonchev–Trinajstić information content (AvgIpc) is 3.08. The number of Topliss-reactive ketones (excluding diaryl/α,β-unsaturated/α-hetero) is 1. The van der Waals surface area contributed by atoms with Gasteiger partial charge in [-0.25, -0.2) is 4.39 Å². The maximum absolute atomic E-state index is 13.9. The largest absolute Gasteiger partial charge is 0.507 e. The van der Waals surface area contributed by atoms with E-state index in [1.165, 1.54) is 35.4 Å². The second kappa shape index (κ2) is 9.24. The highest BCUT2D eigenvalue weighted by Gasteiger charge is 2.47. The highest BCUT2D eigenvalue weighted by molar-refractivity contribution is 6.51. The van der Waals surface area contributed by atoms with Crippen LogP contribution >= 0.6 is 0 Å². The van der Waals surface area contributed by atoms with Crippen LogP contribution in [0.3, 0.4) is 0 Å². The molecule has 0 spiro atoms. The van der Waals surface area contributed by atoms with Gasteiger partial charge in [-0.15, -0.1) is 0 Å². The molecule has 1 aliphatic rings. The predicted octanol–water partition coefficient (Wildman–Crippen LogP) is 4.88. The summed E-state index contributed by atoms with van der Waals surface area (Å²) >= 11 is 0. The van der Waals surface area contributed by atoms with E-state index in [0.717, 1.165) is 0 Å². The summed E-state index contributed by atoms with van der Waals surface area (Å²) in [6, 6.07) is 16.1. The molecule has 1 atom stereocenters. The molecular weight excluding hydrogens is 423 g/mol. The van der Waals surface area contributed by atoms with Gasteiger partial charge in [-0.3, -0.25) is 19.5 Å². The zero-order valence-electron chi connectivity index (χ0n) is 18.2. The van der Waals surface area contributed by atoms with E-state index in [-0.39, 0.29) is 17.0 Å². The zero-order chi connectivity index (χ0) is 23.5. The lowest BCUT2D eigenvalue weighted by atomic mass is 9.98.